The van der Waals surface area contributed by atoms with Crippen LogP contribution in [0.5, 0.6) is 0 Å². The first-order valence-corrected chi connectivity index (χ1v) is 11.1. The van der Waals surface area contributed by atoms with Crippen molar-refractivity contribution >= 4 is 18.6 Å². The van der Waals surface area contributed by atoms with Crippen LogP contribution in [0.2, 0.25) is 0 Å². The Kier molecular flexibility index (Phi) is 4.71. The molecule has 4 rings (SSSR count). The molecule has 0 aliphatic carbocycles. The number of fused-ring (bicyclic) bond motifs is 3. The number of carbonyl (C=O) groups excluding carboxylic acids is 1. The Hall–Kier alpha value is -1.94. The summed E-state index contributed by atoms with van der Waals surface area (Å²) in [7, 11) is -3.60. The molecule has 3 atom stereocenters. The van der Waals surface area contributed by atoms with E-state index in [1.807, 2.05) is 43.3 Å². The molecule has 3 unspecified atom stereocenters. The van der Waals surface area contributed by atoms with E-state index >= 15 is 0 Å². The van der Waals surface area contributed by atoms with Gasteiger partial charge in [-0.1, -0.05) is 49.7 Å². The molecule has 0 radical (unpaired) electrons. The Morgan fingerprint density at radius 1 is 1.19 bits per heavy atom. The average molecular weight is 385 g/mol. The lowest BCUT2D eigenvalue weighted by molar-refractivity contribution is -0.0313. The fourth-order valence-corrected chi connectivity index (χ4v) is 6.92. The fraction of sp³-hybridized carbons (Fsp3) is 0.381. The van der Waals surface area contributed by atoms with Gasteiger partial charge >= 0.3 is 0 Å². The van der Waals surface area contributed by atoms with Crippen molar-refractivity contribution in [2.45, 2.75) is 38.3 Å². The molecule has 2 aromatic carbocycles. The van der Waals surface area contributed by atoms with Crippen molar-refractivity contribution in [3.8, 4) is 0 Å². The summed E-state index contributed by atoms with van der Waals surface area (Å²) in [5, 5.41) is 0.574. The van der Waals surface area contributed by atoms with Crippen LogP contribution in [0.3, 0.4) is 0 Å². The predicted octanol–water partition coefficient (Wildman–Crippen LogP) is 4.09. The fourth-order valence-electron chi connectivity index (χ4n) is 3.98. The third kappa shape index (κ3) is 2.60. The maximum Gasteiger partial charge on any atom is 0.288 e. The molecule has 5 nitrogen and oxygen atoms in total. The first-order valence-electron chi connectivity index (χ1n) is 9.44. The minimum Gasteiger partial charge on any atom is -0.338 e. The van der Waals surface area contributed by atoms with Crippen LogP contribution in [0.4, 0.5) is 0 Å². The highest BCUT2D eigenvalue weighted by Gasteiger charge is 2.67. The molecule has 2 aromatic rings. The summed E-state index contributed by atoms with van der Waals surface area (Å²) < 4.78 is 27.1. The lowest BCUT2D eigenvalue weighted by Crippen LogP contribution is -2.42. The molecule has 142 valence electrons. The van der Waals surface area contributed by atoms with E-state index in [4.69, 9.17) is 9.26 Å². The minimum atomic E-state index is -3.60. The zero-order valence-corrected chi connectivity index (χ0v) is 16.5. The Bertz CT molecular complexity index is 900. The average Bonchev–Trinajstić information content (AvgIpc) is 3.16. The largest absolute Gasteiger partial charge is 0.338 e. The summed E-state index contributed by atoms with van der Waals surface area (Å²) >= 11 is 0. The van der Waals surface area contributed by atoms with Crippen LogP contribution in [-0.4, -0.2) is 30.1 Å². The van der Waals surface area contributed by atoms with E-state index in [1.165, 1.54) is 0 Å². The number of benzene rings is 2. The Morgan fingerprint density at radius 2 is 1.89 bits per heavy atom. The van der Waals surface area contributed by atoms with Gasteiger partial charge in [-0.2, -0.15) is 0 Å². The van der Waals surface area contributed by atoms with Gasteiger partial charge in [-0.3, -0.25) is 14.3 Å². The van der Waals surface area contributed by atoms with Crippen LogP contribution in [0, 0.1) is 0 Å². The highest BCUT2D eigenvalue weighted by molar-refractivity contribution is 7.68. The molecule has 1 fully saturated rings. The lowest BCUT2D eigenvalue weighted by Gasteiger charge is -2.38. The van der Waals surface area contributed by atoms with Gasteiger partial charge in [0.15, 0.2) is 0 Å². The van der Waals surface area contributed by atoms with Crippen LogP contribution in [-0.2, 0) is 19.3 Å². The van der Waals surface area contributed by atoms with Crippen molar-refractivity contribution < 1.29 is 18.6 Å². The number of nitrogens with zero attached hydrogens (tertiary/aromatic N) is 1. The summed E-state index contributed by atoms with van der Waals surface area (Å²) in [6.07, 6.45) is 1.49. The SMILES string of the molecule is CCCCOP(=O)(c1ccccc1)C12OC(C)CN1C(=O)c1ccccc12. The maximum absolute atomic E-state index is 14.6. The molecule has 0 aromatic heterocycles. The van der Waals surface area contributed by atoms with Crippen molar-refractivity contribution in [3.63, 3.8) is 0 Å². The third-order valence-corrected chi connectivity index (χ3v) is 8.10. The van der Waals surface area contributed by atoms with Gasteiger partial charge in [-0.15, -0.1) is 0 Å². The van der Waals surface area contributed by atoms with Crippen molar-refractivity contribution in [2.75, 3.05) is 13.2 Å². The summed E-state index contributed by atoms with van der Waals surface area (Å²) in [6, 6.07) is 16.4. The van der Waals surface area contributed by atoms with E-state index in [1.54, 1.807) is 23.1 Å². The van der Waals surface area contributed by atoms with Crippen molar-refractivity contribution in [2.24, 2.45) is 0 Å². The number of ether oxygens (including phenoxy) is 1. The van der Waals surface area contributed by atoms with Crippen molar-refractivity contribution in [1.82, 2.24) is 4.90 Å². The molecule has 1 saturated heterocycles. The molecule has 1 amide bonds. The molecule has 0 spiro atoms. The number of unbranched alkanes of at least 4 members (excludes halogenated alkanes) is 1. The van der Waals surface area contributed by atoms with Crippen molar-refractivity contribution in [3.05, 3.63) is 65.7 Å². The van der Waals surface area contributed by atoms with E-state index in [0.29, 0.717) is 29.6 Å². The second kappa shape index (κ2) is 6.90. The Labute approximate surface area is 159 Å². The van der Waals surface area contributed by atoms with Gasteiger partial charge in [0.1, 0.15) is 0 Å². The number of carbonyl (C=O) groups is 1. The predicted molar refractivity (Wildman–Crippen MR) is 104 cm³/mol. The Balaban J connectivity index is 1.94. The summed E-state index contributed by atoms with van der Waals surface area (Å²) in [5.41, 5.74) is -0.211. The quantitative estimate of drug-likeness (QED) is 0.555. The molecule has 2 aliphatic heterocycles. The minimum absolute atomic E-state index is 0.148. The maximum atomic E-state index is 14.6. The van der Waals surface area contributed by atoms with Crippen LogP contribution >= 0.6 is 7.37 Å². The van der Waals surface area contributed by atoms with E-state index < -0.39 is 12.8 Å². The summed E-state index contributed by atoms with van der Waals surface area (Å²) in [4.78, 5) is 14.7. The summed E-state index contributed by atoms with van der Waals surface area (Å²) in [5.74, 6) is -0.148. The number of hydrogen-bond acceptors (Lipinski definition) is 4. The van der Waals surface area contributed by atoms with Gasteiger partial charge in [0, 0.05) is 16.4 Å². The van der Waals surface area contributed by atoms with Crippen LogP contribution in [0.15, 0.2) is 54.6 Å². The molecule has 0 bridgehead atoms. The topological polar surface area (TPSA) is 55.8 Å². The molecule has 0 N–H and O–H groups in total. The summed E-state index contributed by atoms with van der Waals surface area (Å²) in [6.45, 7) is 4.70. The van der Waals surface area contributed by atoms with Gasteiger partial charge in [-0.25, -0.2) is 0 Å². The Morgan fingerprint density at radius 3 is 2.63 bits per heavy atom. The first kappa shape index (κ1) is 18.4. The molecule has 27 heavy (non-hydrogen) atoms. The standard InChI is InChI=1S/C21H24NO4P/c1-3-4-14-25-27(24,17-10-6-5-7-11-17)21-19-13-9-8-12-18(19)20(23)22(21)15-16(2)26-21/h5-13,16H,3-4,14-15H2,1-2H3. The van der Waals surface area contributed by atoms with E-state index in [0.717, 1.165) is 12.8 Å². The molecule has 2 heterocycles. The zero-order chi connectivity index (χ0) is 19.1. The number of hydrogen-bond donors (Lipinski definition) is 0. The highest BCUT2D eigenvalue weighted by Crippen LogP contribution is 2.70. The highest BCUT2D eigenvalue weighted by atomic mass is 31.2. The van der Waals surface area contributed by atoms with Gasteiger partial charge in [0.25, 0.3) is 18.7 Å². The van der Waals surface area contributed by atoms with Gasteiger partial charge in [0.05, 0.1) is 19.3 Å². The zero-order valence-electron chi connectivity index (χ0n) is 15.6. The number of rotatable bonds is 6. The van der Waals surface area contributed by atoms with E-state index in [2.05, 4.69) is 6.92 Å². The van der Waals surface area contributed by atoms with E-state index in [-0.39, 0.29) is 12.0 Å². The van der Waals surface area contributed by atoms with E-state index in [9.17, 15) is 9.36 Å². The van der Waals surface area contributed by atoms with Crippen LogP contribution in [0.25, 0.3) is 0 Å². The number of amides is 1. The monoisotopic (exact) mass is 385 g/mol. The molecular formula is C21H24NO4P. The van der Waals surface area contributed by atoms with Crippen molar-refractivity contribution in [1.29, 1.82) is 0 Å². The third-order valence-electron chi connectivity index (χ3n) is 5.19. The molecule has 6 heteroatoms. The van der Waals surface area contributed by atoms with Crippen LogP contribution < -0.4 is 5.30 Å². The van der Waals surface area contributed by atoms with Gasteiger partial charge in [-0.05, 0) is 31.5 Å². The van der Waals surface area contributed by atoms with Gasteiger partial charge in [0.2, 0.25) is 0 Å². The smallest absolute Gasteiger partial charge is 0.288 e. The van der Waals surface area contributed by atoms with Crippen LogP contribution in [0.1, 0.15) is 42.6 Å². The normalized spacial score (nSPS) is 25.9. The molecule has 0 saturated carbocycles. The first-order chi connectivity index (χ1) is 13.0. The molecule has 2 aliphatic rings. The second-order valence-corrected chi connectivity index (χ2v) is 9.56. The van der Waals surface area contributed by atoms with Gasteiger partial charge < -0.3 is 9.26 Å². The molecular weight excluding hydrogens is 361 g/mol. The second-order valence-electron chi connectivity index (χ2n) is 7.07. The lowest BCUT2D eigenvalue weighted by atomic mass is 10.1.